The van der Waals surface area contributed by atoms with Crippen molar-refractivity contribution in [2.75, 3.05) is 0 Å². The van der Waals surface area contributed by atoms with Gasteiger partial charge in [-0.3, -0.25) is 4.98 Å². The molecule has 0 radical (unpaired) electrons. The van der Waals surface area contributed by atoms with Gasteiger partial charge in [0.25, 0.3) is 0 Å². The average Bonchev–Trinajstić information content (AvgIpc) is 3.05. The lowest BCUT2D eigenvalue weighted by Gasteiger charge is -2.08. The van der Waals surface area contributed by atoms with E-state index in [0.29, 0.717) is 10.8 Å². The van der Waals surface area contributed by atoms with Crippen LogP contribution in [0, 0.1) is 0 Å². The Bertz CT molecular complexity index is 1250. The van der Waals surface area contributed by atoms with Crippen molar-refractivity contribution >= 4 is 44.1 Å². The highest BCUT2D eigenvalue weighted by Crippen LogP contribution is 2.32. The normalized spacial score (nSPS) is 12.3. The number of benzene rings is 2. The maximum absolute atomic E-state index is 13.0. The zero-order chi connectivity index (χ0) is 18.5. The molecule has 0 unspecified atom stereocenters. The molecule has 10 heteroatoms. The van der Waals surface area contributed by atoms with E-state index in [1.807, 2.05) is 0 Å². The highest BCUT2D eigenvalue weighted by molar-refractivity contribution is 7.91. The second-order valence-corrected chi connectivity index (χ2v) is 7.54. The molecule has 0 aliphatic rings. The molecule has 2 aromatic carbocycles. The Labute approximate surface area is 157 Å². The van der Waals surface area contributed by atoms with Gasteiger partial charge in [-0.1, -0.05) is 12.1 Å². The monoisotopic (exact) mass is 413 g/mol. The molecule has 2 heterocycles. The summed E-state index contributed by atoms with van der Waals surface area (Å²) in [5.74, 6) is -1.17. The third kappa shape index (κ3) is 3.24. The fourth-order valence-electron chi connectivity index (χ4n) is 2.74. The maximum Gasteiger partial charge on any atom is 0.449 e. The number of aromatic amines is 1. The number of aromatic nitrogens is 3. The Morgan fingerprint density at radius 3 is 2.56 bits per heavy atom. The summed E-state index contributed by atoms with van der Waals surface area (Å²) in [6.07, 6.45) is -1.61. The molecule has 1 N–H and O–H groups in total. The predicted molar refractivity (Wildman–Crippen MR) is 95.5 cm³/mol. The lowest BCUT2D eigenvalue weighted by Crippen LogP contribution is -2.06. The Hall–Kier alpha value is -2.65. The molecule has 0 saturated carbocycles. The molecule has 0 aliphatic carbocycles. The molecule has 0 fully saturated rings. The number of hydrogen-bond donors (Lipinski definition) is 1. The number of fused-ring (bicyclic) bond motifs is 2. The maximum atomic E-state index is 13.0. The van der Waals surface area contributed by atoms with Crippen molar-refractivity contribution in [3.05, 3.63) is 60.7 Å². The van der Waals surface area contributed by atoms with Gasteiger partial charge in [0, 0.05) is 23.2 Å². The van der Waals surface area contributed by atoms with Crippen LogP contribution in [-0.4, -0.2) is 23.4 Å². The molecule has 0 saturated heterocycles. The molecular weight excluding hydrogens is 403 g/mol. The number of halogens is 4. The lowest BCUT2D eigenvalue weighted by molar-refractivity contribution is -0.144. The molecule has 0 aliphatic heterocycles. The van der Waals surface area contributed by atoms with E-state index in [-0.39, 0.29) is 33.2 Å². The van der Waals surface area contributed by atoms with E-state index < -0.39 is 21.8 Å². The smallest absolute Gasteiger partial charge is 0.334 e. The molecule has 0 spiro atoms. The van der Waals surface area contributed by atoms with Crippen molar-refractivity contribution in [2.45, 2.75) is 16.0 Å². The predicted octanol–water partition coefficient (Wildman–Crippen LogP) is 4.38. The minimum atomic E-state index is -4.64. The summed E-state index contributed by atoms with van der Waals surface area (Å²) in [6, 6.07) is 10.0. The van der Waals surface area contributed by atoms with Crippen LogP contribution in [0.5, 0.6) is 0 Å². The third-order valence-electron chi connectivity index (χ3n) is 3.96. The van der Waals surface area contributed by atoms with Crippen LogP contribution in [0.15, 0.2) is 64.6 Å². The van der Waals surface area contributed by atoms with Crippen LogP contribution in [0.1, 0.15) is 5.82 Å². The highest BCUT2D eigenvalue weighted by Gasteiger charge is 2.35. The Kier molecular flexibility index (Phi) is 4.61. The fraction of sp³-hybridized carbons (Fsp3) is 0.0588. The third-order valence-corrected chi connectivity index (χ3v) is 5.77. The van der Waals surface area contributed by atoms with Crippen LogP contribution < -0.4 is 0 Å². The van der Waals surface area contributed by atoms with Crippen LogP contribution in [0.4, 0.5) is 13.2 Å². The average molecular weight is 414 g/mol. The molecule has 5 nitrogen and oxygen atoms in total. The number of imidazole rings is 1. The van der Waals surface area contributed by atoms with Gasteiger partial charge in [-0.05, 0) is 30.3 Å². The first-order valence-corrected chi connectivity index (χ1v) is 8.90. The van der Waals surface area contributed by atoms with Gasteiger partial charge in [-0.15, -0.1) is 12.4 Å². The van der Waals surface area contributed by atoms with Crippen LogP contribution in [0.25, 0.3) is 21.8 Å². The zero-order valence-corrected chi connectivity index (χ0v) is 15.0. The molecule has 4 rings (SSSR count). The number of pyridine rings is 1. The van der Waals surface area contributed by atoms with Crippen molar-refractivity contribution in [2.24, 2.45) is 0 Å². The summed E-state index contributed by atoms with van der Waals surface area (Å²) in [5, 5.41) is 1.14. The fourth-order valence-corrected chi connectivity index (χ4v) is 4.25. The quantitative estimate of drug-likeness (QED) is 0.529. The number of rotatable bonds is 2. The van der Waals surface area contributed by atoms with Gasteiger partial charge in [0.2, 0.25) is 15.7 Å². The molecular formula is C17H11ClF3N3O2S. The summed E-state index contributed by atoms with van der Waals surface area (Å²) in [5.41, 5.74) is 0.0405. The van der Waals surface area contributed by atoms with E-state index in [4.69, 9.17) is 0 Å². The van der Waals surface area contributed by atoms with Crippen molar-refractivity contribution in [3.8, 4) is 0 Å². The number of alkyl halides is 3. The lowest BCUT2D eigenvalue weighted by atomic mass is 10.2. The zero-order valence-electron chi connectivity index (χ0n) is 13.4. The second-order valence-electron chi connectivity index (χ2n) is 5.62. The van der Waals surface area contributed by atoms with E-state index in [2.05, 4.69) is 15.0 Å². The molecule has 140 valence electrons. The summed E-state index contributed by atoms with van der Waals surface area (Å²) in [6.45, 7) is 0. The van der Waals surface area contributed by atoms with Crippen molar-refractivity contribution < 1.29 is 21.6 Å². The molecule has 0 amide bonds. The van der Waals surface area contributed by atoms with Crippen molar-refractivity contribution in [1.29, 1.82) is 0 Å². The van der Waals surface area contributed by atoms with E-state index >= 15 is 0 Å². The summed E-state index contributed by atoms with van der Waals surface area (Å²) >= 11 is 0. The molecule has 0 atom stereocenters. The SMILES string of the molecule is Cl.O=S(=O)(c1ccc2nc(C(F)(F)F)[nH]c2c1)c1cccc2cnccc12. The van der Waals surface area contributed by atoms with E-state index in [9.17, 15) is 21.6 Å². The number of H-pyrrole nitrogens is 1. The first-order chi connectivity index (χ1) is 12.3. The largest absolute Gasteiger partial charge is 0.449 e. The van der Waals surface area contributed by atoms with Crippen LogP contribution >= 0.6 is 12.4 Å². The van der Waals surface area contributed by atoms with Gasteiger partial charge in [0.05, 0.1) is 20.8 Å². The Morgan fingerprint density at radius 1 is 1.04 bits per heavy atom. The first-order valence-electron chi connectivity index (χ1n) is 7.41. The van der Waals surface area contributed by atoms with E-state index in [1.165, 1.54) is 24.4 Å². The van der Waals surface area contributed by atoms with Gasteiger partial charge in [-0.25, -0.2) is 13.4 Å². The summed E-state index contributed by atoms with van der Waals surface area (Å²) in [7, 11) is -3.94. The minimum Gasteiger partial charge on any atom is -0.334 e. The van der Waals surface area contributed by atoms with Gasteiger partial charge >= 0.3 is 6.18 Å². The summed E-state index contributed by atoms with van der Waals surface area (Å²) < 4.78 is 64.4. The van der Waals surface area contributed by atoms with Crippen LogP contribution in [0.2, 0.25) is 0 Å². The molecule has 4 aromatic rings. The van der Waals surface area contributed by atoms with Crippen LogP contribution in [-0.2, 0) is 16.0 Å². The van der Waals surface area contributed by atoms with Gasteiger partial charge in [0.1, 0.15) is 0 Å². The standard InChI is InChI=1S/C17H10F3N3O2S.ClH/c18-17(19,20)16-22-13-5-4-11(8-14(13)23-16)26(24,25)15-3-1-2-10-9-21-7-6-12(10)15;/h1-9H,(H,22,23);1H. The van der Waals surface area contributed by atoms with Crippen molar-refractivity contribution in [3.63, 3.8) is 0 Å². The highest BCUT2D eigenvalue weighted by atomic mass is 35.5. The number of hydrogen-bond acceptors (Lipinski definition) is 4. The molecule has 27 heavy (non-hydrogen) atoms. The van der Waals surface area contributed by atoms with E-state index in [0.717, 1.165) is 6.07 Å². The first kappa shape index (κ1) is 19.1. The topological polar surface area (TPSA) is 75.7 Å². The molecule has 0 bridgehead atoms. The Balaban J connectivity index is 0.00000210. The van der Waals surface area contributed by atoms with Gasteiger partial charge in [0.15, 0.2) is 0 Å². The van der Waals surface area contributed by atoms with Crippen molar-refractivity contribution in [1.82, 2.24) is 15.0 Å². The van der Waals surface area contributed by atoms with Crippen LogP contribution in [0.3, 0.4) is 0 Å². The van der Waals surface area contributed by atoms with E-state index in [1.54, 1.807) is 24.4 Å². The van der Waals surface area contributed by atoms with Gasteiger partial charge in [-0.2, -0.15) is 13.2 Å². The Morgan fingerprint density at radius 2 is 1.81 bits per heavy atom. The second kappa shape index (κ2) is 6.50. The van der Waals surface area contributed by atoms with Gasteiger partial charge < -0.3 is 4.98 Å². The number of sulfone groups is 1. The minimum absolute atomic E-state index is 0. The molecule has 2 aromatic heterocycles. The number of nitrogens with one attached hydrogen (secondary N) is 1. The summed E-state index contributed by atoms with van der Waals surface area (Å²) in [4.78, 5) is 9.48. The number of nitrogens with zero attached hydrogens (tertiary/aromatic N) is 2.